The molecule has 0 spiro atoms. The number of methoxy groups -OCH3 is 1. The summed E-state index contributed by atoms with van der Waals surface area (Å²) in [6, 6.07) is 5.00. The Kier molecular flexibility index (Phi) is 5.91. The second-order valence-corrected chi connectivity index (χ2v) is 7.07. The Morgan fingerprint density at radius 3 is 2.52 bits per heavy atom. The smallest absolute Gasteiger partial charge is 0.247 e. The predicted octanol–water partition coefficient (Wildman–Crippen LogP) is 4.79. The minimum Gasteiger partial charge on any atom is -0.494 e. The Hall–Kier alpha value is -3.95. The summed E-state index contributed by atoms with van der Waals surface area (Å²) in [7, 11) is 1.44. The number of hydrogen-bond acceptors (Lipinski definition) is 7. The molecule has 10 heteroatoms. The van der Waals surface area contributed by atoms with Crippen molar-refractivity contribution in [3.63, 3.8) is 0 Å². The molecule has 0 aliphatic carbocycles. The van der Waals surface area contributed by atoms with E-state index in [1.807, 2.05) is 0 Å². The van der Waals surface area contributed by atoms with Gasteiger partial charge in [-0.3, -0.25) is 4.79 Å². The number of nitroso groups, excluding NO2 is 1. The maximum Gasteiger partial charge on any atom is 0.247 e. The highest BCUT2D eigenvalue weighted by Crippen LogP contribution is 2.37. The van der Waals surface area contributed by atoms with E-state index in [9.17, 15) is 18.5 Å². The first-order valence-corrected chi connectivity index (χ1v) is 9.07. The van der Waals surface area contributed by atoms with Gasteiger partial charge >= 0.3 is 0 Å². The molecule has 160 valence electrons. The fraction of sp³-hybridized carbons (Fsp3) is 0.190. The van der Waals surface area contributed by atoms with E-state index in [1.54, 1.807) is 12.1 Å². The van der Waals surface area contributed by atoms with Gasteiger partial charge in [0.15, 0.2) is 11.6 Å². The van der Waals surface area contributed by atoms with Gasteiger partial charge in [0.2, 0.25) is 5.91 Å². The molecule has 0 aliphatic heterocycles. The largest absolute Gasteiger partial charge is 0.494 e. The van der Waals surface area contributed by atoms with Crippen molar-refractivity contribution in [1.29, 1.82) is 0 Å². The molecule has 3 aromatic rings. The quantitative estimate of drug-likeness (QED) is 0.415. The molecule has 2 aromatic carbocycles. The van der Waals surface area contributed by atoms with Crippen LogP contribution in [0.25, 0.3) is 10.9 Å². The normalized spacial score (nSPS) is 11.1. The van der Waals surface area contributed by atoms with Gasteiger partial charge in [0.05, 0.1) is 18.3 Å². The van der Waals surface area contributed by atoms with Gasteiger partial charge in [0, 0.05) is 28.8 Å². The third-order valence-electron chi connectivity index (χ3n) is 4.60. The molecule has 8 nitrogen and oxygen atoms in total. The molecule has 2 N–H and O–H groups in total. The van der Waals surface area contributed by atoms with Crippen LogP contribution in [-0.4, -0.2) is 23.0 Å². The minimum atomic E-state index is -1.34. The molecule has 0 fully saturated rings. The number of benzene rings is 2. The lowest BCUT2D eigenvalue weighted by atomic mass is 9.93. The molecule has 0 saturated heterocycles. The van der Waals surface area contributed by atoms with Crippen molar-refractivity contribution in [3.05, 3.63) is 65.4 Å². The lowest BCUT2D eigenvalue weighted by Crippen LogP contribution is -2.16. The van der Waals surface area contributed by atoms with Crippen LogP contribution in [0.5, 0.6) is 5.75 Å². The topological polar surface area (TPSA) is 106 Å². The molecule has 1 heterocycles. The average Bonchev–Trinajstić information content (AvgIpc) is 2.75. The van der Waals surface area contributed by atoms with Crippen LogP contribution in [0.15, 0.2) is 48.4 Å². The van der Waals surface area contributed by atoms with Gasteiger partial charge in [-0.05, 0) is 32.1 Å². The molecule has 0 saturated carbocycles. The number of amides is 1. The highest BCUT2D eigenvalue weighted by Gasteiger charge is 2.27. The summed E-state index contributed by atoms with van der Waals surface area (Å²) in [6.45, 7) is 6.37. The summed E-state index contributed by atoms with van der Waals surface area (Å²) < 4.78 is 33.2. The standard InChI is InChI=1S/C21H19F2N5O3/c1-5-19(29)26-17-6-11-15(9-18(17)31-4)24-10-25-20(11)27-16-8-14(23)13(22)7-12(16)21(2,3)28-30/h5-10H,1H2,2-4H3,(H,26,29)(H,24,25,27). The lowest BCUT2D eigenvalue weighted by molar-refractivity contribution is -0.111. The summed E-state index contributed by atoms with van der Waals surface area (Å²) >= 11 is 0. The molecular weight excluding hydrogens is 408 g/mol. The van der Waals surface area contributed by atoms with Crippen LogP contribution < -0.4 is 15.4 Å². The molecule has 0 atom stereocenters. The maximum atomic E-state index is 14.0. The molecule has 3 rings (SSSR count). The summed E-state index contributed by atoms with van der Waals surface area (Å²) in [4.78, 5) is 31.4. The van der Waals surface area contributed by atoms with Gasteiger partial charge in [-0.2, -0.15) is 0 Å². The van der Waals surface area contributed by atoms with E-state index in [0.717, 1.165) is 18.2 Å². The highest BCUT2D eigenvalue weighted by molar-refractivity contribution is 6.03. The number of fused-ring (bicyclic) bond motifs is 1. The van der Waals surface area contributed by atoms with E-state index >= 15 is 0 Å². The van der Waals surface area contributed by atoms with Gasteiger partial charge < -0.3 is 15.4 Å². The summed E-state index contributed by atoms with van der Waals surface area (Å²) in [6.07, 6.45) is 2.38. The second-order valence-electron chi connectivity index (χ2n) is 7.07. The zero-order valence-corrected chi connectivity index (χ0v) is 17.0. The molecule has 1 aromatic heterocycles. The van der Waals surface area contributed by atoms with Crippen molar-refractivity contribution in [2.45, 2.75) is 19.4 Å². The van der Waals surface area contributed by atoms with Gasteiger partial charge in [0.1, 0.15) is 23.4 Å². The first-order valence-electron chi connectivity index (χ1n) is 9.07. The Bertz CT molecular complexity index is 1200. The van der Waals surface area contributed by atoms with E-state index < -0.39 is 23.1 Å². The van der Waals surface area contributed by atoms with E-state index in [0.29, 0.717) is 22.3 Å². The number of carbonyl (C=O) groups is 1. The van der Waals surface area contributed by atoms with Crippen molar-refractivity contribution in [2.24, 2.45) is 5.18 Å². The van der Waals surface area contributed by atoms with Crippen LogP contribution in [-0.2, 0) is 10.3 Å². The third kappa shape index (κ3) is 4.32. The van der Waals surface area contributed by atoms with Crippen LogP contribution in [0, 0.1) is 16.5 Å². The van der Waals surface area contributed by atoms with Gasteiger partial charge in [0.25, 0.3) is 0 Å². The Morgan fingerprint density at radius 1 is 1.16 bits per heavy atom. The number of carbonyl (C=O) groups excluding carboxylic acids is 1. The molecule has 31 heavy (non-hydrogen) atoms. The van der Waals surface area contributed by atoms with Crippen LogP contribution in [0.2, 0.25) is 0 Å². The van der Waals surface area contributed by atoms with E-state index in [4.69, 9.17) is 4.74 Å². The summed E-state index contributed by atoms with van der Waals surface area (Å²) in [5, 5.41) is 9.02. The molecular formula is C21H19F2N5O3. The lowest BCUT2D eigenvalue weighted by Gasteiger charge is -2.21. The summed E-state index contributed by atoms with van der Waals surface area (Å²) in [5.74, 6) is -2.08. The fourth-order valence-corrected chi connectivity index (χ4v) is 2.97. The van der Waals surface area contributed by atoms with E-state index in [-0.39, 0.29) is 17.1 Å². The van der Waals surface area contributed by atoms with Crippen LogP contribution >= 0.6 is 0 Å². The van der Waals surface area contributed by atoms with Crippen molar-refractivity contribution in [3.8, 4) is 5.75 Å². The Balaban J connectivity index is 2.17. The zero-order valence-electron chi connectivity index (χ0n) is 17.0. The monoisotopic (exact) mass is 427 g/mol. The van der Waals surface area contributed by atoms with Crippen LogP contribution in [0.1, 0.15) is 19.4 Å². The SMILES string of the molecule is C=CC(=O)Nc1cc2c(Nc3cc(F)c(F)cc3C(C)(C)N=O)ncnc2cc1OC. The number of aromatic nitrogens is 2. The number of hydrogen-bond donors (Lipinski definition) is 2. The first kappa shape index (κ1) is 21.8. The second kappa shape index (κ2) is 8.42. The molecule has 1 amide bonds. The number of nitrogens with zero attached hydrogens (tertiary/aromatic N) is 3. The predicted molar refractivity (Wildman–Crippen MR) is 113 cm³/mol. The Morgan fingerprint density at radius 2 is 1.87 bits per heavy atom. The summed E-state index contributed by atoms with van der Waals surface area (Å²) in [5.41, 5.74) is -0.301. The molecule has 0 bridgehead atoms. The zero-order chi connectivity index (χ0) is 22.8. The van der Waals surface area contributed by atoms with Crippen molar-refractivity contribution < 1.29 is 18.3 Å². The highest BCUT2D eigenvalue weighted by atomic mass is 19.2. The van der Waals surface area contributed by atoms with E-state index in [2.05, 4.69) is 32.4 Å². The van der Waals surface area contributed by atoms with Crippen LogP contribution in [0.4, 0.5) is 26.0 Å². The third-order valence-corrected chi connectivity index (χ3v) is 4.60. The van der Waals surface area contributed by atoms with Gasteiger partial charge in [-0.15, -0.1) is 4.91 Å². The van der Waals surface area contributed by atoms with Gasteiger partial charge in [-0.1, -0.05) is 11.8 Å². The van der Waals surface area contributed by atoms with Crippen molar-refractivity contribution >= 4 is 34.0 Å². The number of ether oxygens (including phenoxy) is 1. The number of halogens is 2. The minimum absolute atomic E-state index is 0.107. The first-order chi connectivity index (χ1) is 14.7. The average molecular weight is 427 g/mol. The molecule has 0 radical (unpaired) electrons. The molecule has 0 aliphatic rings. The van der Waals surface area contributed by atoms with Crippen molar-refractivity contribution in [1.82, 2.24) is 9.97 Å². The maximum absolute atomic E-state index is 14.0. The van der Waals surface area contributed by atoms with Gasteiger partial charge in [-0.25, -0.2) is 18.7 Å². The molecule has 0 unspecified atom stereocenters. The van der Waals surface area contributed by atoms with Crippen molar-refractivity contribution in [2.75, 3.05) is 17.7 Å². The number of rotatable bonds is 7. The van der Waals surface area contributed by atoms with E-state index in [1.165, 1.54) is 27.3 Å². The fourth-order valence-electron chi connectivity index (χ4n) is 2.97. The number of anilines is 3. The van der Waals surface area contributed by atoms with Crippen LogP contribution in [0.3, 0.4) is 0 Å². The Labute approximate surface area is 176 Å². The number of nitrogens with one attached hydrogen (secondary N) is 2.